The van der Waals surface area contributed by atoms with Crippen molar-refractivity contribution in [1.82, 2.24) is 0 Å². The van der Waals surface area contributed by atoms with Gasteiger partial charge < -0.3 is 4.55 Å². The fraction of sp³-hybridized carbons (Fsp3) is 1.00. The molecule has 0 rings (SSSR count). The molecule has 0 heterocycles. The Balaban J connectivity index is 0. The summed E-state index contributed by atoms with van der Waals surface area (Å²) in [5.74, 6) is -0.865. The van der Waals surface area contributed by atoms with Crippen molar-refractivity contribution in [1.29, 1.82) is 0 Å². The van der Waals surface area contributed by atoms with E-state index in [0.717, 1.165) is 0 Å². The maximum atomic E-state index is 10.2. The zero-order valence-corrected chi connectivity index (χ0v) is 10.1. The molecule has 1 unspecified atom stereocenters. The normalized spacial score (nSPS) is 11.5. The van der Waals surface area contributed by atoms with Crippen molar-refractivity contribution in [2.45, 2.75) is 6.04 Å². The molecule has 0 bridgehead atoms. The van der Waals surface area contributed by atoms with E-state index in [9.17, 15) is 13.0 Å². The summed E-state index contributed by atoms with van der Waals surface area (Å²) >= 11 is 0. The molecule has 0 N–H and O–H groups in total. The van der Waals surface area contributed by atoms with E-state index in [0.29, 0.717) is 0 Å². The molecule has 0 aliphatic rings. The summed E-state index contributed by atoms with van der Waals surface area (Å²) in [4.78, 5) is 4.64. The topological polar surface area (TPSA) is 155 Å². The van der Waals surface area contributed by atoms with Crippen molar-refractivity contribution in [2.24, 2.45) is 10.2 Å². The summed E-state index contributed by atoms with van der Waals surface area (Å²) in [6, 6.07) is -1.14. The Kier molecular flexibility index (Phi) is 9.01. The molecule has 0 spiro atoms. The summed E-state index contributed by atoms with van der Waals surface area (Å²) in [6.07, 6.45) is 0. The average molecular weight is 228 g/mol. The van der Waals surface area contributed by atoms with Gasteiger partial charge in [0.25, 0.3) is 0 Å². The SMILES string of the molecule is [N-]=[N+]=NCC(CS(=O)(=O)[O-])N=[N+]=[N-].[Na+]. The fourth-order valence-corrected chi connectivity index (χ4v) is 1.21. The van der Waals surface area contributed by atoms with Crippen LogP contribution in [0.1, 0.15) is 0 Å². The van der Waals surface area contributed by atoms with Gasteiger partial charge in [0.2, 0.25) is 0 Å². The second-order valence-electron chi connectivity index (χ2n) is 2.00. The molecular formula is C3H5N6NaO3S. The molecule has 1 atom stereocenters. The van der Waals surface area contributed by atoms with Gasteiger partial charge in [-0.15, -0.1) is 0 Å². The Labute approximate surface area is 102 Å². The van der Waals surface area contributed by atoms with Gasteiger partial charge in [-0.3, -0.25) is 0 Å². The van der Waals surface area contributed by atoms with Crippen LogP contribution in [0, 0.1) is 0 Å². The first-order valence-electron chi connectivity index (χ1n) is 2.98. The molecule has 0 aromatic carbocycles. The summed E-state index contributed by atoms with van der Waals surface area (Å²) in [5.41, 5.74) is 15.8. The number of nitrogens with zero attached hydrogens (tertiary/aromatic N) is 6. The van der Waals surface area contributed by atoms with Crippen LogP contribution >= 0.6 is 0 Å². The molecule has 0 aromatic rings. The average Bonchev–Trinajstić information content (AvgIpc) is 1.98. The van der Waals surface area contributed by atoms with Gasteiger partial charge in [0.1, 0.15) is 0 Å². The number of hydrogen-bond donors (Lipinski definition) is 0. The van der Waals surface area contributed by atoms with Crippen LogP contribution in [0.5, 0.6) is 0 Å². The van der Waals surface area contributed by atoms with Crippen molar-refractivity contribution < 1.29 is 42.5 Å². The first-order valence-corrected chi connectivity index (χ1v) is 4.56. The van der Waals surface area contributed by atoms with Crippen LogP contribution in [-0.4, -0.2) is 31.3 Å². The fourth-order valence-electron chi connectivity index (χ4n) is 0.562. The first kappa shape index (κ1) is 16.0. The van der Waals surface area contributed by atoms with E-state index in [1.54, 1.807) is 0 Å². The van der Waals surface area contributed by atoms with Gasteiger partial charge >= 0.3 is 29.6 Å². The van der Waals surface area contributed by atoms with E-state index < -0.39 is 21.9 Å². The maximum absolute atomic E-state index is 10.2. The molecule has 72 valence electrons. The Bertz CT molecular complexity index is 355. The standard InChI is InChI=1S/C3H6N6O3S.Na/c4-8-6-1-3(7-9-5)2-13(10,11)12;/h3H,1-2H2,(H,10,11,12);/q;+1/p-1. The van der Waals surface area contributed by atoms with Gasteiger partial charge in [-0.05, 0) is 11.1 Å². The van der Waals surface area contributed by atoms with E-state index in [1.165, 1.54) is 0 Å². The van der Waals surface area contributed by atoms with Crippen LogP contribution < -0.4 is 29.6 Å². The first-order chi connectivity index (χ1) is 5.99. The van der Waals surface area contributed by atoms with Crippen LogP contribution in [0.25, 0.3) is 20.9 Å². The number of hydrogen-bond acceptors (Lipinski definition) is 5. The molecule has 9 nitrogen and oxygen atoms in total. The summed E-state index contributed by atoms with van der Waals surface area (Å²) in [6.45, 7) is -0.345. The minimum Gasteiger partial charge on any atom is -0.748 e. The van der Waals surface area contributed by atoms with Crippen molar-refractivity contribution in [3.8, 4) is 0 Å². The smallest absolute Gasteiger partial charge is 0.748 e. The third kappa shape index (κ3) is 9.62. The third-order valence-corrected chi connectivity index (χ3v) is 1.76. The van der Waals surface area contributed by atoms with E-state index in [2.05, 4.69) is 20.1 Å². The van der Waals surface area contributed by atoms with Crippen molar-refractivity contribution in [3.05, 3.63) is 20.9 Å². The monoisotopic (exact) mass is 228 g/mol. The van der Waals surface area contributed by atoms with Crippen LogP contribution in [0.15, 0.2) is 10.2 Å². The van der Waals surface area contributed by atoms with Crippen molar-refractivity contribution in [2.75, 3.05) is 12.3 Å². The van der Waals surface area contributed by atoms with E-state index in [-0.39, 0.29) is 36.1 Å². The van der Waals surface area contributed by atoms with Gasteiger partial charge in [-0.2, -0.15) is 0 Å². The van der Waals surface area contributed by atoms with Gasteiger partial charge in [0.15, 0.2) is 0 Å². The van der Waals surface area contributed by atoms with Gasteiger partial charge in [0, 0.05) is 22.1 Å². The summed E-state index contributed by atoms with van der Waals surface area (Å²) in [5, 5.41) is 5.97. The van der Waals surface area contributed by atoms with Crippen LogP contribution in [0.3, 0.4) is 0 Å². The second kappa shape index (κ2) is 7.89. The quantitative estimate of drug-likeness (QED) is 0.168. The minimum absolute atomic E-state index is 0. The number of azide groups is 2. The molecule has 0 aliphatic heterocycles. The van der Waals surface area contributed by atoms with Crippen LogP contribution in [-0.2, 0) is 10.1 Å². The molecule has 14 heavy (non-hydrogen) atoms. The zero-order valence-electron chi connectivity index (χ0n) is 7.31. The molecule has 0 saturated heterocycles. The summed E-state index contributed by atoms with van der Waals surface area (Å²) in [7, 11) is -4.47. The molecule has 0 fully saturated rings. The van der Waals surface area contributed by atoms with Crippen molar-refractivity contribution >= 4 is 10.1 Å². The molecule has 0 amide bonds. The third-order valence-electron chi connectivity index (χ3n) is 0.967. The number of rotatable bonds is 5. The van der Waals surface area contributed by atoms with E-state index in [4.69, 9.17) is 11.1 Å². The molecule has 0 radical (unpaired) electrons. The van der Waals surface area contributed by atoms with Crippen molar-refractivity contribution in [3.63, 3.8) is 0 Å². The Hall–Kier alpha value is -0.470. The van der Waals surface area contributed by atoms with Gasteiger partial charge in [-0.1, -0.05) is 10.2 Å². The predicted molar refractivity (Wildman–Crippen MR) is 41.5 cm³/mol. The van der Waals surface area contributed by atoms with Gasteiger partial charge in [-0.25, -0.2) is 8.42 Å². The molecule has 0 aliphatic carbocycles. The molecule has 0 aromatic heterocycles. The Morgan fingerprint density at radius 2 is 1.93 bits per heavy atom. The summed E-state index contributed by atoms with van der Waals surface area (Å²) < 4.78 is 30.6. The van der Waals surface area contributed by atoms with E-state index in [1.807, 2.05) is 0 Å². The maximum Gasteiger partial charge on any atom is 1.00 e. The molecular weight excluding hydrogens is 223 g/mol. The minimum atomic E-state index is -4.47. The van der Waals surface area contributed by atoms with E-state index >= 15 is 0 Å². The van der Waals surface area contributed by atoms with Crippen LogP contribution in [0.4, 0.5) is 0 Å². The molecule has 0 saturated carbocycles. The molecule has 11 heteroatoms. The Morgan fingerprint density at radius 3 is 2.29 bits per heavy atom. The van der Waals surface area contributed by atoms with Crippen LogP contribution in [0.2, 0.25) is 0 Å². The van der Waals surface area contributed by atoms with Gasteiger partial charge in [0.05, 0.1) is 16.2 Å². The zero-order chi connectivity index (χ0) is 10.3. The largest absolute Gasteiger partial charge is 1.00 e. The predicted octanol–water partition coefficient (Wildman–Crippen LogP) is -2.48. The second-order valence-corrected chi connectivity index (χ2v) is 3.45. The Morgan fingerprint density at radius 1 is 1.36 bits per heavy atom.